The van der Waals surface area contributed by atoms with Crippen molar-refractivity contribution in [2.24, 2.45) is 5.84 Å². The van der Waals surface area contributed by atoms with E-state index in [2.05, 4.69) is 34.3 Å². The fraction of sp³-hybridized carbons (Fsp3) is 0.571. The molecule has 0 aliphatic carbocycles. The number of nitrogens with one attached hydrogen (secondary N) is 1. The number of carbonyl (C=O) groups is 1. The number of aromatic nitrogens is 1. The Labute approximate surface area is 119 Å². The third-order valence-electron chi connectivity index (χ3n) is 3.94. The molecule has 6 heteroatoms. The number of piperidine rings is 1. The summed E-state index contributed by atoms with van der Waals surface area (Å²) < 4.78 is 0. The van der Waals surface area contributed by atoms with E-state index in [1.807, 2.05) is 6.07 Å². The van der Waals surface area contributed by atoms with Crippen molar-refractivity contribution < 1.29 is 4.79 Å². The van der Waals surface area contributed by atoms with Crippen LogP contribution in [0.4, 0.5) is 0 Å². The summed E-state index contributed by atoms with van der Waals surface area (Å²) in [6.07, 6.45) is 3.96. The van der Waals surface area contributed by atoms with E-state index in [1.165, 1.54) is 12.8 Å². The number of nitrogen functional groups attached to an aromatic ring is 1. The van der Waals surface area contributed by atoms with Gasteiger partial charge in [0.1, 0.15) is 0 Å². The molecule has 1 aromatic rings. The van der Waals surface area contributed by atoms with Crippen LogP contribution in [0.3, 0.4) is 0 Å². The van der Waals surface area contributed by atoms with Crippen molar-refractivity contribution in [3.63, 3.8) is 0 Å². The van der Waals surface area contributed by atoms with Crippen molar-refractivity contribution in [1.29, 1.82) is 0 Å². The Morgan fingerprint density at radius 1 is 1.50 bits per heavy atom. The van der Waals surface area contributed by atoms with E-state index < -0.39 is 0 Å². The van der Waals surface area contributed by atoms with Gasteiger partial charge in [0, 0.05) is 18.8 Å². The first-order chi connectivity index (χ1) is 9.60. The van der Waals surface area contributed by atoms with Crippen molar-refractivity contribution in [3.05, 3.63) is 29.6 Å². The fourth-order valence-electron chi connectivity index (χ4n) is 2.56. The number of nitrogens with two attached hydrogens (primary N) is 1. The summed E-state index contributed by atoms with van der Waals surface area (Å²) in [6.45, 7) is 3.11. The Kier molecular flexibility index (Phi) is 5.05. The summed E-state index contributed by atoms with van der Waals surface area (Å²) >= 11 is 0. The van der Waals surface area contributed by atoms with E-state index in [4.69, 9.17) is 5.84 Å². The SMILES string of the molecule is CN1CCC(N(C)Cc2ccc(C(=O)NN)cn2)CC1. The summed E-state index contributed by atoms with van der Waals surface area (Å²) in [6, 6.07) is 4.25. The second kappa shape index (κ2) is 6.78. The molecule has 110 valence electrons. The minimum atomic E-state index is -0.312. The fourth-order valence-corrected chi connectivity index (χ4v) is 2.56. The zero-order valence-corrected chi connectivity index (χ0v) is 12.2. The van der Waals surface area contributed by atoms with Gasteiger partial charge in [0.25, 0.3) is 5.91 Å². The average Bonchev–Trinajstić information content (AvgIpc) is 2.48. The molecule has 2 rings (SSSR count). The standard InChI is InChI=1S/C14H23N5O/c1-18-7-5-13(6-8-18)19(2)10-12-4-3-11(9-16-12)14(20)17-15/h3-4,9,13H,5-8,10,15H2,1-2H3,(H,17,20). The van der Waals surface area contributed by atoms with Crippen molar-refractivity contribution in [2.75, 3.05) is 27.2 Å². The number of nitrogens with zero attached hydrogens (tertiary/aromatic N) is 3. The molecule has 1 aromatic heterocycles. The molecule has 0 atom stereocenters. The van der Waals surface area contributed by atoms with Crippen LogP contribution in [0.1, 0.15) is 28.9 Å². The Bertz CT molecular complexity index is 439. The van der Waals surface area contributed by atoms with Crippen LogP contribution in [0.15, 0.2) is 18.3 Å². The van der Waals surface area contributed by atoms with Crippen molar-refractivity contribution >= 4 is 5.91 Å². The Balaban J connectivity index is 1.91. The number of hydrazine groups is 1. The Hall–Kier alpha value is -1.50. The quantitative estimate of drug-likeness (QED) is 0.467. The zero-order valence-electron chi connectivity index (χ0n) is 12.2. The van der Waals surface area contributed by atoms with E-state index in [9.17, 15) is 4.79 Å². The predicted octanol–water partition coefficient (Wildman–Crippen LogP) is 0.211. The van der Waals surface area contributed by atoms with Crippen LogP contribution in [0.25, 0.3) is 0 Å². The van der Waals surface area contributed by atoms with Gasteiger partial charge < -0.3 is 4.90 Å². The average molecular weight is 277 g/mol. The topological polar surface area (TPSA) is 74.5 Å². The smallest absolute Gasteiger partial charge is 0.266 e. The van der Waals surface area contributed by atoms with Gasteiger partial charge in [-0.25, -0.2) is 5.84 Å². The molecule has 0 aromatic carbocycles. The number of amides is 1. The van der Waals surface area contributed by atoms with Crippen molar-refractivity contribution in [2.45, 2.75) is 25.4 Å². The summed E-state index contributed by atoms with van der Waals surface area (Å²) in [4.78, 5) is 20.4. The maximum Gasteiger partial charge on any atom is 0.266 e. The predicted molar refractivity (Wildman–Crippen MR) is 77.9 cm³/mol. The van der Waals surface area contributed by atoms with E-state index in [0.29, 0.717) is 11.6 Å². The number of carbonyl (C=O) groups excluding carboxylic acids is 1. The van der Waals surface area contributed by atoms with Crippen LogP contribution in [0.2, 0.25) is 0 Å². The normalized spacial score (nSPS) is 17.4. The Morgan fingerprint density at radius 3 is 2.75 bits per heavy atom. The highest BCUT2D eigenvalue weighted by atomic mass is 16.2. The van der Waals surface area contributed by atoms with Gasteiger partial charge in [-0.2, -0.15) is 0 Å². The van der Waals surface area contributed by atoms with Crippen molar-refractivity contribution in [3.8, 4) is 0 Å². The minimum absolute atomic E-state index is 0.312. The van der Waals surface area contributed by atoms with Gasteiger partial charge in [-0.05, 0) is 52.2 Å². The number of pyridine rings is 1. The second-order valence-electron chi connectivity index (χ2n) is 5.46. The molecule has 20 heavy (non-hydrogen) atoms. The number of hydrogen-bond donors (Lipinski definition) is 2. The van der Waals surface area contributed by atoms with E-state index in [0.717, 1.165) is 25.3 Å². The largest absolute Gasteiger partial charge is 0.306 e. The van der Waals surface area contributed by atoms with Crippen LogP contribution in [0, 0.1) is 0 Å². The maximum atomic E-state index is 11.3. The third-order valence-corrected chi connectivity index (χ3v) is 3.94. The molecule has 6 nitrogen and oxygen atoms in total. The van der Waals surface area contributed by atoms with Gasteiger partial charge in [-0.15, -0.1) is 0 Å². The minimum Gasteiger partial charge on any atom is -0.306 e. The van der Waals surface area contributed by atoms with Crippen LogP contribution in [-0.2, 0) is 6.54 Å². The molecule has 1 amide bonds. The summed E-state index contributed by atoms with van der Waals surface area (Å²) in [7, 11) is 4.30. The van der Waals surface area contributed by atoms with Gasteiger partial charge in [-0.3, -0.25) is 20.1 Å². The second-order valence-corrected chi connectivity index (χ2v) is 5.46. The molecular formula is C14H23N5O. The monoisotopic (exact) mass is 277 g/mol. The van der Waals surface area contributed by atoms with E-state index >= 15 is 0 Å². The van der Waals surface area contributed by atoms with Crippen molar-refractivity contribution in [1.82, 2.24) is 20.2 Å². The number of likely N-dealkylation sites (tertiary alicyclic amines) is 1. The first-order valence-electron chi connectivity index (χ1n) is 6.95. The highest BCUT2D eigenvalue weighted by molar-refractivity contribution is 5.93. The highest BCUT2D eigenvalue weighted by Crippen LogP contribution is 2.16. The molecule has 0 bridgehead atoms. The molecule has 0 unspecified atom stereocenters. The molecule has 0 saturated carbocycles. The van der Waals surface area contributed by atoms with Crippen LogP contribution in [-0.4, -0.2) is 53.9 Å². The summed E-state index contributed by atoms with van der Waals surface area (Å²) in [5, 5.41) is 0. The molecule has 1 fully saturated rings. The molecule has 0 radical (unpaired) electrons. The molecule has 1 aliphatic heterocycles. The molecule has 1 saturated heterocycles. The lowest BCUT2D eigenvalue weighted by Crippen LogP contribution is -2.41. The van der Waals surface area contributed by atoms with E-state index in [-0.39, 0.29) is 5.91 Å². The lowest BCUT2D eigenvalue weighted by atomic mass is 10.0. The van der Waals surface area contributed by atoms with Gasteiger partial charge in [0.2, 0.25) is 0 Å². The number of hydrogen-bond acceptors (Lipinski definition) is 5. The van der Waals surface area contributed by atoms with Gasteiger partial charge in [0.05, 0.1) is 11.3 Å². The summed E-state index contributed by atoms with van der Waals surface area (Å²) in [5.74, 6) is 4.78. The van der Waals surface area contributed by atoms with Crippen LogP contribution in [0.5, 0.6) is 0 Å². The lowest BCUT2D eigenvalue weighted by Gasteiger charge is -2.34. The van der Waals surface area contributed by atoms with Gasteiger partial charge in [-0.1, -0.05) is 0 Å². The third kappa shape index (κ3) is 3.75. The number of rotatable bonds is 4. The zero-order chi connectivity index (χ0) is 14.5. The van der Waals surface area contributed by atoms with Gasteiger partial charge >= 0.3 is 0 Å². The Morgan fingerprint density at radius 2 is 2.20 bits per heavy atom. The molecule has 0 spiro atoms. The van der Waals surface area contributed by atoms with Crippen LogP contribution >= 0.6 is 0 Å². The molecular weight excluding hydrogens is 254 g/mol. The van der Waals surface area contributed by atoms with Crippen LogP contribution < -0.4 is 11.3 Å². The van der Waals surface area contributed by atoms with E-state index in [1.54, 1.807) is 12.3 Å². The first kappa shape index (κ1) is 14.9. The first-order valence-corrected chi connectivity index (χ1v) is 6.95. The van der Waals surface area contributed by atoms with Gasteiger partial charge in [0.15, 0.2) is 0 Å². The maximum absolute atomic E-state index is 11.3. The highest BCUT2D eigenvalue weighted by Gasteiger charge is 2.20. The molecule has 2 heterocycles. The summed E-state index contributed by atoms with van der Waals surface area (Å²) in [5.41, 5.74) is 3.56. The lowest BCUT2D eigenvalue weighted by molar-refractivity contribution is 0.0953. The molecule has 1 aliphatic rings. The molecule has 3 N–H and O–H groups in total.